The Morgan fingerprint density at radius 1 is 1.16 bits per heavy atom. The number of ether oxygens (including phenoxy) is 1. The molecule has 2 aromatic heterocycles. The molecule has 4 rings (SSSR count). The van der Waals surface area contributed by atoms with Gasteiger partial charge in [-0.1, -0.05) is 42.5 Å². The molecule has 0 amide bonds. The standard InChI is InChI=1S/C24H25N3O3S/c1-16(28)12-27(13-17-7-4-3-5-8-17)14-21-25-23(29)22-20(15-31-24(22)26-21)18-9-6-10-19(11-18)30-2/h3-11,15-16,28H,12-14H2,1-2H3,(H,25,26,29). The van der Waals surface area contributed by atoms with Crippen LogP contribution < -0.4 is 10.3 Å². The number of aliphatic hydroxyl groups is 1. The molecule has 2 heterocycles. The van der Waals surface area contributed by atoms with E-state index in [0.717, 1.165) is 22.4 Å². The first-order valence-electron chi connectivity index (χ1n) is 10.1. The largest absolute Gasteiger partial charge is 0.497 e. The second kappa shape index (κ2) is 9.43. The zero-order chi connectivity index (χ0) is 21.8. The Hall–Kier alpha value is -3.00. The second-order valence-corrected chi connectivity index (χ2v) is 8.44. The van der Waals surface area contributed by atoms with Crippen molar-refractivity contribution in [1.29, 1.82) is 0 Å². The summed E-state index contributed by atoms with van der Waals surface area (Å²) in [4.78, 5) is 23.4. The molecule has 160 valence electrons. The van der Waals surface area contributed by atoms with E-state index in [-0.39, 0.29) is 5.56 Å². The molecule has 0 aliphatic rings. The number of rotatable bonds is 8. The summed E-state index contributed by atoms with van der Waals surface area (Å²) in [7, 11) is 1.62. The highest BCUT2D eigenvalue weighted by Gasteiger charge is 2.16. The number of aliphatic hydroxyl groups excluding tert-OH is 1. The van der Waals surface area contributed by atoms with Crippen molar-refractivity contribution in [2.24, 2.45) is 0 Å². The minimum absolute atomic E-state index is 0.157. The first-order chi connectivity index (χ1) is 15.0. The molecule has 1 unspecified atom stereocenters. The molecule has 2 aromatic carbocycles. The Bertz CT molecular complexity index is 1220. The molecule has 0 radical (unpaired) electrons. The summed E-state index contributed by atoms with van der Waals surface area (Å²) in [5.41, 5.74) is 2.76. The highest BCUT2D eigenvalue weighted by Crippen LogP contribution is 2.32. The van der Waals surface area contributed by atoms with Crippen LogP contribution in [0.3, 0.4) is 0 Å². The van der Waals surface area contributed by atoms with Crippen LogP contribution in [0.25, 0.3) is 21.3 Å². The van der Waals surface area contributed by atoms with Gasteiger partial charge in [-0.2, -0.15) is 0 Å². The van der Waals surface area contributed by atoms with Gasteiger partial charge >= 0.3 is 0 Å². The summed E-state index contributed by atoms with van der Waals surface area (Å²) in [5, 5.41) is 12.5. The minimum atomic E-state index is -0.486. The number of aromatic nitrogens is 2. The van der Waals surface area contributed by atoms with Crippen LogP contribution in [0.5, 0.6) is 5.75 Å². The van der Waals surface area contributed by atoms with Gasteiger partial charge in [0.1, 0.15) is 16.4 Å². The number of hydrogen-bond acceptors (Lipinski definition) is 6. The zero-order valence-corrected chi connectivity index (χ0v) is 18.4. The van der Waals surface area contributed by atoms with Gasteiger partial charge in [0.25, 0.3) is 5.56 Å². The lowest BCUT2D eigenvalue weighted by atomic mass is 10.1. The van der Waals surface area contributed by atoms with Crippen molar-refractivity contribution in [3.8, 4) is 16.9 Å². The van der Waals surface area contributed by atoms with Crippen molar-refractivity contribution in [2.75, 3.05) is 13.7 Å². The highest BCUT2D eigenvalue weighted by atomic mass is 32.1. The average molecular weight is 436 g/mol. The highest BCUT2D eigenvalue weighted by molar-refractivity contribution is 7.17. The number of aromatic amines is 1. The van der Waals surface area contributed by atoms with Crippen LogP contribution in [-0.4, -0.2) is 39.7 Å². The normalized spacial score (nSPS) is 12.4. The number of nitrogens with zero attached hydrogens (tertiary/aromatic N) is 2. The fourth-order valence-electron chi connectivity index (χ4n) is 3.68. The predicted molar refractivity (Wildman–Crippen MR) is 124 cm³/mol. The van der Waals surface area contributed by atoms with Crippen molar-refractivity contribution < 1.29 is 9.84 Å². The molecule has 0 bridgehead atoms. The smallest absolute Gasteiger partial charge is 0.260 e. The molecule has 4 aromatic rings. The van der Waals surface area contributed by atoms with Gasteiger partial charge < -0.3 is 14.8 Å². The van der Waals surface area contributed by atoms with E-state index >= 15 is 0 Å². The first kappa shape index (κ1) is 21.2. The van der Waals surface area contributed by atoms with E-state index < -0.39 is 6.10 Å². The Balaban J connectivity index is 1.64. The molecule has 1 atom stereocenters. The molecule has 2 N–H and O–H groups in total. The lowest BCUT2D eigenvalue weighted by Crippen LogP contribution is -2.31. The quantitative estimate of drug-likeness (QED) is 0.437. The Kier molecular flexibility index (Phi) is 6.46. The fourth-order valence-corrected chi connectivity index (χ4v) is 4.65. The molecule has 7 heteroatoms. The van der Waals surface area contributed by atoms with E-state index in [0.29, 0.717) is 35.7 Å². The summed E-state index contributed by atoms with van der Waals surface area (Å²) >= 11 is 1.46. The topological polar surface area (TPSA) is 78.5 Å². The predicted octanol–water partition coefficient (Wildman–Crippen LogP) is 4.04. The Morgan fingerprint density at radius 2 is 1.97 bits per heavy atom. The van der Waals surface area contributed by atoms with E-state index in [2.05, 4.69) is 9.88 Å². The number of hydrogen-bond donors (Lipinski definition) is 2. The van der Waals surface area contributed by atoms with Crippen LogP contribution in [0.2, 0.25) is 0 Å². The van der Waals surface area contributed by atoms with Crippen molar-refractivity contribution in [3.63, 3.8) is 0 Å². The van der Waals surface area contributed by atoms with Crippen LogP contribution in [0.15, 0.2) is 64.8 Å². The summed E-state index contributed by atoms with van der Waals surface area (Å²) in [5.74, 6) is 1.33. The van der Waals surface area contributed by atoms with Crippen LogP contribution in [0.1, 0.15) is 18.3 Å². The van der Waals surface area contributed by atoms with Gasteiger partial charge in [0.15, 0.2) is 0 Å². The Labute approximate surface area is 184 Å². The summed E-state index contributed by atoms with van der Waals surface area (Å²) < 4.78 is 5.31. The number of fused-ring (bicyclic) bond motifs is 1. The maximum atomic E-state index is 13.0. The molecule has 0 spiro atoms. The maximum absolute atomic E-state index is 13.0. The van der Waals surface area contributed by atoms with Gasteiger partial charge in [-0.25, -0.2) is 4.98 Å². The zero-order valence-electron chi connectivity index (χ0n) is 17.5. The van der Waals surface area contributed by atoms with E-state index in [1.807, 2.05) is 60.0 Å². The minimum Gasteiger partial charge on any atom is -0.497 e. The fraction of sp³-hybridized carbons (Fsp3) is 0.250. The van der Waals surface area contributed by atoms with Crippen molar-refractivity contribution in [3.05, 3.63) is 81.7 Å². The molecule has 6 nitrogen and oxygen atoms in total. The van der Waals surface area contributed by atoms with E-state index in [4.69, 9.17) is 9.72 Å². The molecule has 0 saturated heterocycles. The van der Waals surface area contributed by atoms with Gasteiger partial charge in [0.2, 0.25) is 0 Å². The van der Waals surface area contributed by atoms with Gasteiger partial charge in [-0.3, -0.25) is 9.69 Å². The molecule has 0 aliphatic carbocycles. The van der Waals surface area contributed by atoms with E-state index in [1.54, 1.807) is 14.0 Å². The number of thiophene rings is 1. The molecule has 31 heavy (non-hydrogen) atoms. The van der Waals surface area contributed by atoms with Crippen LogP contribution in [0.4, 0.5) is 0 Å². The lowest BCUT2D eigenvalue weighted by molar-refractivity contribution is 0.116. The van der Waals surface area contributed by atoms with Crippen molar-refractivity contribution in [1.82, 2.24) is 14.9 Å². The summed E-state index contributed by atoms with van der Waals surface area (Å²) in [6.07, 6.45) is -0.486. The second-order valence-electron chi connectivity index (χ2n) is 7.58. The molecule has 0 fully saturated rings. The third-order valence-electron chi connectivity index (χ3n) is 5.02. The molecular weight excluding hydrogens is 410 g/mol. The maximum Gasteiger partial charge on any atom is 0.260 e. The van der Waals surface area contributed by atoms with Crippen LogP contribution >= 0.6 is 11.3 Å². The molecule has 0 aliphatic heterocycles. The third-order valence-corrected chi connectivity index (χ3v) is 5.89. The average Bonchev–Trinajstić information content (AvgIpc) is 3.18. The van der Waals surface area contributed by atoms with Gasteiger partial charge in [0, 0.05) is 24.0 Å². The van der Waals surface area contributed by atoms with E-state index in [9.17, 15) is 9.90 Å². The van der Waals surface area contributed by atoms with Crippen LogP contribution in [0, 0.1) is 0 Å². The number of H-pyrrole nitrogens is 1. The first-order valence-corrected chi connectivity index (χ1v) is 11.0. The van der Waals surface area contributed by atoms with Gasteiger partial charge in [0.05, 0.1) is 25.1 Å². The Morgan fingerprint density at radius 3 is 2.71 bits per heavy atom. The number of nitrogens with one attached hydrogen (secondary N) is 1. The summed E-state index contributed by atoms with van der Waals surface area (Å²) in [6, 6.07) is 17.7. The van der Waals surface area contributed by atoms with Crippen molar-refractivity contribution in [2.45, 2.75) is 26.1 Å². The molecule has 0 saturated carbocycles. The van der Waals surface area contributed by atoms with Gasteiger partial charge in [-0.05, 0) is 30.2 Å². The number of benzene rings is 2. The van der Waals surface area contributed by atoms with Crippen molar-refractivity contribution >= 4 is 21.6 Å². The SMILES string of the molecule is COc1cccc(-c2csc3nc(CN(Cc4ccccc4)CC(C)O)[nH]c(=O)c23)c1. The summed E-state index contributed by atoms with van der Waals surface area (Å²) in [6.45, 7) is 3.34. The lowest BCUT2D eigenvalue weighted by Gasteiger charge is -2.23. The monoisotopic (exact) mass is 435 g/mol. The van der Waals surface area contributed by atoms with Crippen LogP contribution in [-0.2, 0) is 13.1 Å². The van der Waals surface area contributed by atoms with E-state index in [1.165, 1.54) is 11.3 Å². The molecular formula is C24H25N3O3S. The third kappa shape index (κ3) is 5.02. The number of methoxy groups -OCH3 is 1. The van der Waals surface area contributed by atoms with Gasteiger partial charge in [-0.15, -0.1) is 11.3 Å².